The van der Waals surface area contributed by atoms with Crippen LogP contribution in [0.5, 0.6) is 5.75 Å². The Balaban J connectivity index is 1.64. The molecule has 1 unspecified atom stereocenters. The van der Waals surface area contributed by atoms with Gasteiger partial charge in [0.05, 0.1) is 25.4 Å². The van der Waals surface area contributed by atoms with E-state index in [0.717, 1.165) is 29.8 Å². The minimum atomic E-state index is 0.145. The molecule has 6 nitrogen and oxygen atoms in total. The van der Waals surface area contributed by atoms with E-state index < -0.39 is 0 Å². The van der Waals surface area contributed by atoms with Gasteiger partial charge in [-0.3, -0.25) is 4.68 Å². The van der Waals surface area contributed by atoms with Crippen LogP contribution in [0, 0.1) is 0 Å². The molecule has 1 aromatic carbocycles. The fourth-order valence-corrected chi connectivity index (χ4v) is 2.55. The van der Waals surface area contributed by atoms with Crippen LogP contribution in [0.2, 0.25) is 0 Å². The molecule has 2 heterocycles. The topological polar surface area (TPSA) is 77.5 Å². The molecule has 0 fully saturated rings. The van der Waals surface area contributed by atoms with Crippen molar-refractivity contribution in [3.63, 3.8) is 0 Å². The fourth-order valence-electron chi connectivity index (χ4n) is 2.55. The van der Waals surface area contributed by atoms with Crippen LogP contribution in [0.1, 0.15) is 30.5 Å². The Morgan fingerprint density at radius 2 is 2.36 bits per heavy atom. The zero-order valence-electron chi connectivity index (χ0n) is 12.7. The Bertz CT molecular complexity index is 664. The van der Waals surface area contributed by atoms with Gasteiger partial charge in [-0.25, -0.2) is 4.99 Å². The average molecular weight is 299 g/mol. The quantitative estimate of drug-likeness (QED) is 0.667. The van der Waals surface area contributed by atoms with Crippen LogP contribution in [0.15, 0.2) is 41.7 Å². The Kier molecular flexibility index (Phi) is 4.27. The molecule has 0 saturated heterocycles. The van der Waals surface area contributed by atoms with Crippen molar-refractivity contribution in [2.45, 2.75) is 32.5 Å². The van der Waals surface area contributed by atoms with Gasteiger partial charge in [-0.1, -0.05) is 18.2 Å². The van der Waals surface area contributed by atoms with Crippen LogP contribution in [0.25, 0.3) is 0 Å². The van der Waals surface area contributed by atoms with E-state index in [1.54, 1.807) is 0 Å². The lowest BCUT2D eigenvalue weighted by molar-refractivity contribution is 0.262. The number of guanidine groups is 1. The van der Waals surface area contributed by atoms with Gasteiger partial charge in [0.25, 0.3) is 0 Å². The number of nitrogens with one attached hydrogen (secondary N) is 1. The number of para-hydroxylation sites is 1. The predicted molar refractivity (Wildman–Crippen MR) is 85.7 cm³/mol. The van der Waals surface area contributed by atoms with E-state index in [1.807, 2.05) is 35.3 Å². The lowest BCUT2D eigenvalue weighted by atomic mass is 10.0. The first kappa shape index (κ1) is 14.4. The van der Waals surface area contributed by atoms with Crippen molar-refractivity contribution in [2.75, 3.05) is 6.61 Å². The summed E-state index contributed by atoms with van der Waals surface area (Å²) in [5.74, 6) is 1.37. The molecular weight excluding hydrogens is 278 g/mol. The molecule has 1 aliphatic heterocycles. The van der Waals surface area contributed by atoms with Crippen molar-refractivity contribution >= 4 is 5.96 Å². The third-order valence-electron chi connectivity index (χ3n) is 3.72. The summed E-state index contributed by atoms with van der Waals surface area (Å²) in [6, 6.07) is 8.17. The van der Waals surface area contributed by atoms with Crippen LogP contribution in [0.3, 0.4) is 0 Å². The highest BCUT2D eigenvalue weighted by atomic mass is 16.5. The van der Waals surface area contributed by atoms with E-state index in [2.05, 4.69) is 28.4 Å². The Morgan fingerprint density at radius 3 is 3.18 bits per heavy atom. The van der Waals surface area contributed by atoms with Crippen LogP contribution in [-0.4, -0.2) is 22.3 Å². The van der Waals surface area contributed by atoms with E-state index in [0.29, 0.717) is 19.1 Å². The average Bonchev–Trinajstić information content (AvgIpc) is 3.01. The normalized spacial score (nSPS) is 17.7. The third kappa shape index (κ3) is 3.21. The summed E-state index contributed by atoms with van der Waals surface area (Å²) < 4.78 is 7.53. The molecular formula is C16H21N5O. The predicted octanol–water partition coefficient (Wildman–Crippen LogP) is 1.83. The molecule has 2 aromatic rings. The lowest BCUT2D eigenvalue weighted by Crippen LogP contribution is -2.37. The zero-order chi connectivity index (χ0) is 15.4. The largest absolute Gasteiger partial charge is 0.493 e. The third-order valence-corrected chi connectivity index (χ3v) is 3.72. The van der Waals surface area contributed by atoms with Crippen molar-refractivity contribution < 1.29 is 4.74 Å². The monoisotopic (exact) mass is 299 g/mol. The molecule has 6 heteroatoms. The lowest BCUT2D eigenvalue weighted by Gasteiger charge is -2.26. The Labute approximate surface area is 130 Å². The number of aryl methyl sites for hydroxylation is 1. The molecule has 0 radical (unpaired) electrons. The minimum Gasteiger partial charge on any atom is -0.493 e. The van der Waals surface area contributed by atoms with Gasteiger partial charge < -0.3 is 15.8 Å². The van der Waals surface area contributed by atoms with Crippen LogP contribution in [-0.2, 0) is 13.1 Å². The molecule has 3 N–H and O–H groups in total. The van der Waals surface area contributed by atoms with Gasteiger partial charge in [-0.15, -0.1) is 0 Å². The van der Waals surface area contributed by atoms with E-state index in [-0.39, 0.29) is 6.04 Å². The van der Waals surface area contributed by atoms with Crippen LogP contribution >= 0.6 is 0 Å². The molecule has 116 valence electrons. The second-order valence-corrected chi connectivity index (χ2v) is 5.28. The summed E-state index contributed by atoms with van der Waals surface area (Å²) in [5, 5.41) is 7.51. The molecule has 1 atom stereocenters. The Morgan fingerprint density at radius 1 is 1.50 bits per heavy atom. The van der Waals surface area contributed by atoms with Crippen LogP contribution < -0.4 is 15.8 Å². The highest BCUT2D eigenvalue weighted by molar-refractivity contribution is 5.78. The summed E-state index contributed by atoms with van der Waals surface area (Å²) in [4.78, 5) is 4.40. The summed E-state index contributed by atoms with van der Waals surface area (Å²) in [6.45, 7) is 4.13. The number of rotatable bonds is 4. The van der Waals surface area contributed by atoms with Gasteiger partial charge >= 0.3 is 0 Å². The highest BCUT2D eigenvalue weighted by Crippen LogP contribution is 2.31. The number of hydrogen-bond acceptors (Lipinski definition) is 3. The minimum absolute atomic E-state index is 0.145. The van der Waals surface area contributed by atoms with Gasteiger partial charge in [0, 0.05) is 30.3 Å². The van der Waals surface area contributed by atoms with Gasteiger partial charge in [0.2, 0.25) is 0 Å². The van der Waals surface area contributed by atoms with Gasteiger partial charge in [0.1, 0.15) is 5.75 Å². The molecule has 1 aliphatic rings. The summed E-state index contributed by atoms with van der Waals surface area (Å²) in [5.41, 5.74) is 8.20. The first-order valence-electron chi connectivity index (χ1n) is 7.55. The first-order valence-corrected chi connectivity index (χ1v) is 7.55. The summed E-state index contributed by atoms with van der Waals surface area (Å²) >= 11 is 0. The number of nitrogens with zero attached hydrogens (tertiary/aromatic N) is 3. The van der Waals surface area contributed by atoms with Gasteiger partial charge in [0.15, 0.2) is 5.96 Å². The van der Waals surface area contributed by atoms with E-state index in [4.69, 9.17) is 10.5 Å². The molecule has 0 amide bonds. The molecule has 0 spiro atoms. The van der Waals surface area contributed by atoms with E-state index in [9.17, 15) is 0 Å². The Hall–Kier alpha value is -2.50. The molecule has 0 bridgehead atoms. The van der Waals surface area contributed by atoms with Crippen molar-refractivity contribution in [2.24, 2.45) is 10.7 Å². The first-order chi connectivity index (χ1) is 10.8. The van der Waals surface area contributed by atoms with Gasteiger partial charge in [-0.05, 0) is 13.0 Å². The SMILES string of the molecule is CCn1cc(CN=C(N)NC2CCOc3ccccc32)cn1. The van der Waals surface area contributed by atoms with E-state index in [1.165, 1.54) is 0 Å². The number of hydrogen-bond donors (Lipinski definition) is 2. The molecule has 22 heavy (non-hydrogen) atoms. The number of fused-ring (bicyclic) bond motifs is 1. The summed E-state index contributed by atoms with van der Waals surface area (Å²) in [6.07, 6.45) is 4.69. The van der Waals surface area contributed by atoms with Crippen molar-refractivity contribution in [3.05, 3.63) is 47.8 Å². The number of aliphatic imine (C=N–C) groups is 1. The maximum Gasteiger partial charge on any atom is 0.189 e. The van der Waals surface area contributed by atoms with E-state index >= 15 is 0 Å². The second-order valence-electron chi connectivity index (χ2n) is 5.28. The maximum absolute atomic E-state index is 6.02. The molecule has 3 rings (SSSR count). The molecule has 0 aliphatic carbocycles. The van der Waals surface area contributed by atoms with Crippen LogP contribution in [0.4, 0.5) is 0 Å². The number of ether oxygens (including phenoxy) is 1. The molecule has 0 saturated carbocycles. The van der Waals surface area contributed by atoms with Gasteiger partial charge in [-0.2, -0.15) is 5.10 Å². The number of aromatic nitrogens is 2. The number of nitrogens with two attached hydrogens (primary N) is 1. The van der Waals surface area contributed by atoms with Crippen molar-refractivity contribution in [1.82, 2.24) is 15.1 Å². The smallest absolute Gasteiger partial charge is 0.189 e. The second kappa shape index (κ2) is 6.51. The van der Waals surface area contributed by atoms with Crippen molar-refractivity contribution in [1.29, 1.82) is 0 Å². The zero-order valence-corrected chi connectivity index (χ0v) is 12.7. The van der Waals surface area contributed by atoms with Crippen molar-refractivity contribution in [3.8, 4) is 5.75 Å². The number of benzene rings is 1. The standard InChI is InChI=1S/C16H21N5O/c1-2-21-11-12(10-19-21)9-18-16(17)20-14-7-8-22-15-6-4-3-5-13(14)15/h3-6,10-11,14H,2,7-9H2,1H3,(H3,17,18,20). The molecule has 1 aromatic heterocycles. The fraction of sp³-hybridized carbons (Fsp3) is 0.375. The highest BCUT2D eigenvalue weighted by Gasteiger charge is 2.21. The summed E-state index contributed by atoms with van der Waals surface area (Å²) in [7, 11) is 0. The maximum atomic E-state index is 6.02.